The molecule has 6 rings (SSSR count). The molecule has 0 saturated carbocycles. The smallest absolute Gasteiger partial charge is 0.227 e. The molecular formula is C31H31N2O+. The second kappa shape index (κ2) is 7.02. The minimum absolute atomic E-state index is 0.00810. The summed E-state index contributed by atoms with van der Waals surface area (Å²) in [5, 5.41) is 5.87. The Morgan fingerprint density at radius 2 is 1.65 bits per heavy atom. The van der Waals surface area contributed by atoms with Crippen LogP contribution in [0.5, 0.6) is 0 Å². The van der Waals surface area contributed by atoms with E-state index in [0.717, 1.165) is 43.7 Å². The van der Waals surface area contributed by atoms with Gasteiger partial charge < -0.3 is 4.42 Å². The van der Waals surface area contributed by atoms with Crippen molar-refractivity contribution >= 4 is 54.5 Å². The normalized spacial score (nSPS) is 15.6. The zero-order chi connectivity index (χ0) is 28.2. The van der Waals surface area contributed by atoms with Crippen LogP contribution in [0.4, 0.5) is 0 Å². The van der Waals surface area contributed by atoms with E-state index in [-0.39, 0.29) is 11.1 Å². The van der Waals surface area contributed by atoms with Crippen LogP contribution in [-0.4, -0.2) is 4.98 Å². The van der Waals surface area contributed by atoms with Gasteiger partial charge in [0.15, 0.2) is 6.20 Å². The Bertz CT molecular complexity index is 2000. The molecule has 3 heterocycles. The van der Waals surface area contributed by atoms with Gasteiger partial charge in [-0.2, -0.15) is 0 Å². The van der Waals surface area contributed by atoms with E-state index < -0.39 is 18.6 Å². The van der Waals surface area contributed by atoms with Gasteiger partial charge in [0.1, 0.15) is 12.6 Å². The summed E-state index contributed by atoms with van der Waals surface area (Å²) in [7, 11) is 1.84. The number of hydrogen-bond donors (Lipinski definition) is 0. The Labute approximate surface area is 207 Å². The Morgan fingerprint density at radius 1 is 0.912 bits per heavy atom. The third kappa shape index (κ3) is 2.96. The van der Waals surface area contributed by atoms with Gasteiger partial charge in [0.05, 0.1) is 10.8 Å². The van der Waals surface area contributed by atoms with Crippen molar-refractivity contribution in [3.63, 3.8) is 0 Å². The van der Waals surface area contributed by atoms with Crippen LogP contribution in [0, 0.1) is 26.1 Å². The summed E-state index contributed by atoms with van der Waals surface area (Å²) in [4.78, 5) is 4.63. The van der Waals surface area contributed by atoms with Gasteiger partial charge in [-0.25, -0.2) is 9.55 Å². The lowest BCUT2D eigenvalue weighted by Crippen LogP contribution is -2.31. The number of hydrogen-bond acceptors (Lipinski definition) is 2. The summed E-state index contributed by atoms with van der Waals surface area (Å²) in [6, 6.07) is 14.1. The van der Waals surface area contributed by atoms with Crippen molar-refractivity contribution in [2.24, 2.45) is 12.5 Å². The summed E-state index contributed by atoms with van der Waals surface area (Å²) < 4.78 is 52.6. The van der Waals surface area contributed by atoms with E-state index in [1.165, 1.54) is 0 Å². The summed E-state index contributed by atoms with van der Waals surface area (Å²) in [5.41, 5.74) is 3.04. The largest absolute Gasteiger partial charge is 0.437 e. The minimum atomic E-state index is -2.53. The van der Waals surface area contributed by atoms with Gasteiger partial charge in [-0.1, -0.05) is 45.0 Å². The average molecular weight is 453 g/mol. The highest BCUT2D eigenvalue weighted by Crippen LogP contribution is 2.43. The SMILES string of the molecule is [2H]C([2H])([2H])c1c[n+](C)c2c3c(C)cccc3c3ccc4c5ccc(C)nc5oc4c3c2c1C([2H])([2H])C(C)(C)C. The van der Waals surface area contributed by atoms with Crippen LogP contribution >= 0.6 is 0 Å². The van der Waals surface area contributed by atoms with E-state index in [1.54, 1.807) is 6.20 Å². The predicted octanol–water partition coefficient (Wildman–Crippen LogP) is 7.78. The molecule has 0 fully saturated rings. The van der Waals surface area contributed by atoms with Gasteiger partial charge >= 0.3 is 0 Å². The third-order valence-electron chi connectivity index (χ3n) is 6.63. The maximum atomic E-state index is 9.44. The molecule has 34 heavy (non-hydrogen) atoms. The molecule has 0 unspecified atom stereocenters. The standard InChI is InChI=1S/C31H31N2O/c1-17-9-8-10-20-21-13-14-22-23-12-11-19(3)32-30(23)34-29(22)27(21)26-24(15-31(4,5)6)18(2)16-33(7)28(26)25(17)20/h8-14,16H,15H2,1-7H3/q+1/i2D3,15D2. The van der Waals surface area contributed by atoms with Crippen molar-refractivity contribution in [3.8, 4) is 0 Å². The molecule has 0 aliphatic rings. The monoisotopic (exact) mass is 452 g/mol. The fourth-order valence-corrected chi connectivity index (χ4v) is 5.29. The number of nitrogens with zero attached hydrogens (tertiary/aromatic N) is 2. The second-order valence-electron chi connectivity index (χ2n) is 10.4. The molecule has 3 aromatic heterocycles. The highest BCUT2D eigenvalue weighted by Gasteiger charge is 2.27. The summed E-state index contributed by atoms with van der Waals surface area (Å²) in [6.07, 6.45) is -0.398. The molecule has 3 nitrogen and oxygen atoms in total. The molecule has 0 spiro atoms. The van der Waals surface area contributed by atoms with Gasteiger partial charge in [-0.05, 0) is 72.6 Å². The molecular weight excluding hydrogens is 416 g/mol. The molecule has 0 saturated heterocycles. The lowest BCUT2D eigenvalue weighted by atomic mass is 9.82. The molecule has 3 heteroatoms. The molecule has 0 bridgehead atoms. The Balaban J connectivity index is 2.06. The van der Waals surface area contributed by atoms with Crippen molar-refractivity contribution in [1.29, 1.82) is 0 Å². The van der Waals surface area contributed by atoms with Crippen LogP contribution < -0.4 is 4.57 Å². The molecule has 0 N–H and O–H groups in total. The molecule has 0 amide bonds. The van der Waals surface area contributed by atoms with Gasteiger partial charge in [0, 0.05) is 34.3 Å². The van der Waals surface area contributed by atoms with Gasteiger partial charge in [0.25, 0.3) is 0 Å². The fraction of sp³-hybridized carbons (Fsp3) is 0.290. The van der Waals surface area contributed by atoms with Gasteiger partial charge in [-0.3, -0.25) is 0 Å². The van der Waals surface area contributed by atoms with Crippen LogP contribution in [-0.2, 0) is 13.4 Å². The minimum Gasteiger partial charge on any atom is -0.437 e. The van der Waals surface area contributed by atoms with E-state index in [0.29, 0.717) is 22.1 Å². The van der Waals surface area contributed by atoms with Gasteiger partial charge in [0.2, 0.25) is 11.2 Å². The first kappa shape index (κ1) is 16.2. The van der Waals surface area contributed by atoms with Crippen LogP contribution in [0.1, 0.15) is 50.0 Å². The number of benzene rings is 3. The molecule has 3 aromatic carbocycles. The van der Waals surface area contributed by atoms with E-state index >= 15 is 0 Å². The van der Waals surface area contributed by atoms with E-state index in [2.05, 4.69) is 11.1 Å². The molecule has 6 aromatic rings. The van der Waals surface area contributed by atoms with E-state index in [1.807, 2.05) is 82.6 Å². The Kier molecular flexibility index (Phi) is 3.35. The van der Waals surface area contributed by atoms with Crippen molar-refractivity contribution in [2.75, 3.05) is 0 Å². The lowest BCUT2D eigenvalue weighted by molar-refractivity contribution is -0.644. The Hall–Kier alpha value is -3.46. The average Bonchev–Trinajstić information content (AvgIpc) is 3.19. The highest BCUT2D eigenvalue weighted by atomic mass is 16.3. The molecule has 0 aliphatic carbocycles. The van der Waals surface area contributed by atoms with Crippen LogP contribution in [0.15, 0.2) is 53.1 Å². The number of rotatable bonds is 1. The van der Waals surface area contributed by atoms with Crippen LogP contribution in [0.2, 0.25) is 0 Å². The highest BCUT2D eigenvalue weighted by molar-refractivity contribution is 6.32. The molecule has 0 aliphatic heterocycles. The van der Waals surface area contributed by atoms with Crippen LogP contribution in [0.3, 0.4) is 0 Å². The summed E-state index contributed by atoms with van der Waals surface area (Å²) in [6.45, 7) is 6.85. The Morgan fingerprint density at radius 3 is 2.41 bits per heavy atom. The molecule has 0 atom stereocenters. The summed E-state index contributed by atoms with van der Waals surface area (Å²) in [5.74, 6) is 0. The zero-order valence-electron chi connectivity index (χ0n) is 25.4. The number of fused-ring (bicyclic) bond motifs is 10. The van der Waals surface area contributed by atoms with E-state index in [4.69, 9.17) is 8.53 Å². The number of furan rings is 1. The second-order valence-corrected chi connectivity index (χ2v) is 10.4. The molecule has 170 valence electrons. The summed E-state index contributed by atoms with van der Waals surface area (Å²) >= 11 is 0. The zero-order valence-corrected chi connectivity index (χ0v) is 20.4. The van der Waals surface area contributed by atoms with E-state index in [9.17, 15) is 2.74 Å². The predicted molar refractivity (Wildman–Crippen MR) is 143 cm³/mol. The van der Waals surface area contributed by atoms with Crippen molar-refractivity contribution in [3.05, 3.63) is 71.0 Å². The quantitative estimate of drug-likeness (QED) is 0.188. The lowest BCUT2D eigenvalue weighted by Gasteiger charge is -2.22. The first-order chi connectivity index (χ1) is 18.1. The van der Waals surface area contributed by atoms with Crippen molar-refractivity contribution in [2.45, 2.75) is 47.8 Å². The van der Waals surface area contributed by atoms with Crippen molar-refractivity contribution in [1.82, 2.24) is 4.98 Å². The van der Waals surface area contributed by atoms with Crippen molar-refractivity contribution < 1.29 is 15.8 Å². The number of aromatic nitrogens is 2. The van der Waals surface area contributed by atoms with Crippen LogP contribution in [0.25, 0.3) is 54.5 Å². The number of pyridine rings is 2. The van der Waals surface area contributed by atoms with Gasteiger partial charge in [-0.15, -0.1) is 0 Å². The maximum Gasteiger partial charge on any atom is 0.227 e. The maximum absolute atomic E-state index is 9.44. The fourth-order valence-electron chi connectivity index (χ4n) is 5.29. The third-order valence-corrected chi connectivity index (χ3v) is 6.63. The molecule has 0 radical (unpaired) electrons. The first-order valence-corrected chi connectivity index (χ1v) is 11.6. The number of aryl methyl sites for hydroxylation is 4. The topological polar surface area (TPSA) is 29.9 Å². The first-order valence-electron chi connectivity index (χ1n) is 14.1.